The lowest BCUT2D eigenvalue weighted by molar-refractivity contribution is -0.161. The highest BCUT2D eigenvalue weighted by atomic mass is 16.7. The number of esters is 1. The molecular weight excluding hydrogens is 232 g/mol. The van der Waals surface area contributed by atoms with Crippen molar-refractivity contribution in [1.29, 1.82) is 0 Å². The Labute approximate surface area is 110 Å². The minimum atomic E-state index is -0.552. The number of ether oxygens (including phenoxy) is 3. The third kappa shape index (κ3) is 4.94. The minimum Gasteiger partial charge on any atom is -0.463 e. The molecule has 0 aromatic rings. The summed E-state index contributed by atoms with van der Waals surface area (Å²) in [5.74, 6) is -0.606. The van der Waals surface area contributed by atoms with Crippen LogP contribution in [0.5, 0.6) is 0 Å². The molecule has 0 aromatic heterocycles. The van der Waals surface area contributed by atoms with E-state index in [2.05, 4.69) is 13.8 Å². The molecule has 0 radical (unpaired) electrons. The fourth-order valence-corrected chi connectivity index (χ4v) is 2.22. The van der Waals surface area contributed by atoms with Crippen LogP contribution in [0.4, 0.5) is 0 Å². The molecule has 0 aliphatic carbocycles. The molecule has 1 unspecified atom stereocenters. The van der Waals surface area contributed by atoms with E-state index in [-0.39, 0.29) is 18.0 Å². The van der Waals surface area contributed by atoms with Gasteiger partial charge in [0.25, 0.3) is 0 Å². The third-order valence-electron chi connectivity index (χ3n) is 3.09. The lowest BCUT2D eigenvalue weighted by Crippen LogP contribution is -2.27. The number of carbonyl (C=O) groups excluding carboxylic acids is 1. The Bertz CT molecular complexity index is 257. The van der Waals surface area contributed by atoms with Gasteiger partial charge in [0.2, 0.25) is 0 Å². The Kier molecular flexibility index (Phi) is 6.09. The summed E-state index contributed by atoms with van der Waals surface area (Å²) in [6.07, 6.45) is 3.69. The monoisotopic (exact) mass is 258 g/mol. The maximum absolute atomic E-state index is 11.9. The first-order valence-electron chi connectivity index (χ1n) is 6.97. The van der Waals surface area contributed by atoms with Crippen LogP contribution in [-0.2, 0) is 19.0 Å². The summed E-state index contributed by atoms with van der Waals surface area (Å²) in [5, 5.41) is 0. The van der Waals surface area contributed by atoms with Crippen LogP contribution in [0.3, 0.4) is 0 Å². The zero-order valence-corrected chi connectivity index (χ0v) is 12.0. The smallest absolute Gasteiger partial charge is 0.309 e. The second-order valence-corrected chi connectivity index (χ2v) is 5.36. The molecule has 106 valence electrons. The van der Waals surface area contributed by atoms with Crippen LogP contribution in [-0.4, -0.2) is 31.1 Å². The highest BCUT2D eigenvalue weighted by Crippen LogP contribution is 2.23. The van der Waals surface area contributed by atoms with E-state index in [0.29, 0.717) is 13.2 Å². The molecule has 1 aliphatic heterocycles. The van der Waals surface area contributed by atoms with Crippen molar-refractivity contribution in [1.82, 2.24) is 0 Å². The zero-order chi connectivity index (χ0) is 13.6. The molecule has 18 heavy (non-hydrogen) atoms. The quantitative estimate of drug-likeness (QED) is 0.659. The SMILES string of the molecule is CCCC(CCC)C(=O)OCC1COC(C)(C)O1. The van der Waals surface area contributed by atoms with Gasteiger partial charge in [0, 0.05) is 0 Å². The van der Waals surface area contributed by atoms with E-state index < -0.39 is 5.79 Å². The van der Waals surface area contributed by atoms with E-state index in [1.165, 1.54) is 0 Å². The van der Waals surface area contributed by atoms with E-state index in [9.17, 15) is 4.79 Å². The summed E-state index contributed by atoms with van der Waals surface area (Å²) in [6.45, 7) is 8.70. The van der Waals surface area contributed by atoms with E-state index in [0.717, 1.165) is 25.7 Å². The van der Waals surface area contributed by atoms with Gasteiger partial charge in [0.1, 0.15) is 12.7 Å². The molecule has 1 aliphatic rings. The summed E-state index contributed by atoms with van der Waals surface area (Å²) >= 11 is 0. The third-order valence-corrected chi connectivity index (χ3v) is 3.09. The zero-order valence-electron chi connectivity index (χ0n) is 12.0. The Morgan fingerprint density at radius 2 is 1.94 bits per heavy atom. The van der Waals surface area contributed by atoms with Gasteiger partial charge in [0.05, 0.1) is 12.5 Å². The molecule has 0 bridgehead atoms. The van der Waals surface area contributed by atoms with Crippen LogP contribution in [0.15, 0.2) is 0 Å². The highest BCUT2D eigenvalue weighted by molar-refractivity contribution is 5.72. The topological polar surface area (TPSA) is 44.8 Å². The van der Waals surface area contributed by atoms with Crippen molar-refractivity contribution in [3.05, 3.63) is 0 Å². The van der Waals surface area contributed by atoms with Crippen molar-refractivity contribution in [2.24, 2.45) is 5.92 Å². The summed E-state index contributed by atoms with van der Waals surface area (Å²) in [7, 11) is 0. The first-order valence-corrected chi connectivity index (χ1v) is 6.97. The summed E-state index contributed by atoms with van der Waals surface area (Å²) < 4.78 is 16.4. The van der Waals surface area contributed by atoms with Gasteiger partial charge in [-0.2, -0.15) is 0 Å². The number of hydrogen-bond donors (Lipinski definition) is 0. The van der Waals surface area contributed by atoms with Gasteiger partial charge in [-0.1, -0.05) is 26.7 Å². The van der Waals surface area contributed by atoms with Gasteiger partial charge >= 0.3 is 5.97 Å². The standard InChI is InChI=1S/C14H26O4/c1-5-7-11(8-6-2)13(15)16-9-12-10-17-14(3,4)18-12/h11-12H,5-10H2,1-4H3. The van der Waals surface area contributed by atoms with Gasteiger partial charge in [0.15, 0.2) is 5.79 Å². The molecule has 0 saturated carbocycles. The molecule has 0 aromatic carbocycles. The molecule has 4 heteroatoms. The molecule has 0 amide bonds. The van der Waals surface area contributed by atoms with Gasteiger partial charge in [-0.05, 0) is 26.7 Å². The van der Waals surface area contributed by atoms with Gasteiger partial charge in [-0.25, -0.2) is 0 Å². The predicted molar refractivity (Wildman–Crippen MR) is 69.2 cm³/mol. The molecule has 1 heterocycles. The Hall–Kier alpha value is -0.610. The van der Waals surface area contributed by atoms with Crippen LogP contribution in [0.25, 0.3) is 0 Å². The number of hydrogen-bond acceptors (Lipinski definition) is 4. The van der Waals surface area contributed by atoms with Crippen molar-refractivity contribution in [2.45, 2.75) is 65.3 Å². The molecule has 0 N–H and O–H groups in total. The largest absolute Gasteiger partial charge is 0.463 e. The Morgan fingerprint density at radius 1 is 1.33 bits per heavy atom. The van der Waals surface area contributed by atoms with Crippen LogP contribution in [0.2, 0.25) is 0 Å². The van der Waals surface area contributed by atoms with E-state index in [1.54, 1.807) is 0 Å². The van der Waals surface area contributed by atoms with Crippen LogP contribution in [0.1, 0.15) is 53.4 Å². The average Bonchev–Trinajstić information content (AvgIpc) is 2.66. The number of carbonyl (C=O) groups is 1. The van der Waals surface area contributed by atoms with Crippen molar-refractivity contribution >= 4 is 5.97 Å². The fraction of sp³-hybridized carbons (Fsp3) is 0.929. The van der Waals surface area contributed by atoms with Crippen LogP contribution < -0.4 is 0 Å². The Morgan fingerprint density at radius 3 is 2.39 bits per heavy atom. The van der Waals surface area contributed by atoms with Gasteiger partial charge in [-0.15, -0.1) is 0 Å². The molecule has 0 spiro atoms. The lowest BCUT2D eigenvalue weighted by Gasteiger charge is -2.18. The van der Waals surface area contributed by atoms with E-state index >= 15 is 0 Å². The maximum atomic E-state index is 11.9. The molecule has 1 saturated heterocycles. The maximum Gasteiger partial charge on any atom is 0.309 e. The average molecular weight is 258 g/mol. The first-order chi connectivity index (χ1) is 8.48. The van der Waals surface area contributed by atoms with Gasteiger partial charge in [-0.3, -0.25) is 4.79 Å². The number of rotatable bonds is 7. The molecular formula is C14H26O4. The molecule has 1 fully saturated rings. The van der Waals surface area contributed by atoms with Crippen molar-refractivity contribution < 1.29 is 19.0 Å². The van der Waals surface area contributed by atoms with E-state index in [1.807, 2.05) is 13.8 Å². The lowest BCUT2D eigenvalue weighted by atomic mass is 9.99. The van der Waals surface area contributed by atoms with Crippen molar-refractivity contribution in [3.63, 3.8) is 0 Å². The summed E-state index contributed by atoms with van der Waals surface area (Å²) in [5.41, 5.74) is 0. The van der Waals surface area contributed by atoms with Gasteiger partial charge < -0.3 is 14.2 Å². The van der Waals surface area contributed by atoms with Crippen LogP contribution in [0, 0.1) is 5.92 Å². The van der Waals surface area contributed by atoms with Crippen molar-refractivity contribution in [3.8, 4) is 0 Å². The molecule has 4 nitrogen and oxygen atoms in total. The van der Waals surface area contributed by atoms with E-state index in [4.69, 9.17) is 14.2 Å². The highest BCUT2D eigenvalue weighted by Gasteiger charge is 2.33. The van der Waals surface area contributed by atoms with Crippen LogP contribution >= 0.6 is 0 Å². The second-order valence-electron chi connectivity index (χ2n) is 5.36. The fourth-order valence-electron chi connectivity index (χ4n) is 2.22. The minimum absolute atomic E-state index is 0.0373. The molecule has 1 rings (SSSR count). The summed E-state index contributed by atoms with van der Waals surface area (Å²) in [6, 6.07) is 0. The molecule has 1 atom stereocenters. The summed E-state index contributed by atoms with van der Waals surface area (Å²) in [4.78, 5) is 11.9. The Balaban J connectivity index is 2.31. The van der Waals surface area contributed by atoms with Crippen molar-refractivity contribution in [2.75, 3.05) is 13.2 Å². The first kappa shape index (κ1) is 15.4. The second kappa shape index (κ2) is 7.10. The predicted octanol–water partition coefficient (Wildman–Crippen LogP) is 2.90. The normalized spacial score (nSPS) is 22.4.